The van der Waals surface area contributed by atoms with Crippen LogP contribution < -0.4 is 15.0 Å². The van der Waals surface area contributed by atoms with E-state index in [4.69, 9.17) is 4.74 Å². The van der Waals surface area contributed by atoms with Gasteiger partial charge < -0.3 is 19.9 Å². The quantitative estimate of drug-likeness (QED) is 0.883. The minimum atomic E-state index is -0.172. The van der Waals surface area contributed by atoms with Gasteiger partial charge in [0, 0.05) is 30.4 Å². The van der Waals surface area contributed by atoms with Gasteiger partial charge in [0.15, 0.2) is 6.61 Å². The average Bonchev–Trinajstić information content (AvgIpc) is 2.63. The van der Waals surface area contributed by atoms with Gasteiger partial charge in [-0.25, -0.2) is 0 Å². The first-order chi connectivity index (χ1) is 12.8. The SMILES string of the molecule is Cc1ccc(C(=O)Nc2ccc3c(c2)OCC(=O)N3CCN(C)C)cc1C. The van der Waals surface area contributed by atoms with E-state index >= 15 is 0 Å². The van der Waals surface area contributed by atoms with Crippen molar-refractivity contribution in [1.29, 1.82) is 0 Å². The van der Waals surface area contributed by atoms with Gasteiger partial charge >= 0.3 is 0 Å². The molecule has 0 radical (unpaired) electrons. The molecule has 3 rings (SSSR count). The van der Waals surface area contributed by atoms with Gasteiger partial charge in [-0.1, -0.05) is 6.07 Å². The van der Waals surface area contributed by atoms with E-state index in [1.54, 1.807) is 17.0 Å². The minimum Gasteiger partial charge on any atom is -0.481 e. The molecule has 2 aromatic rings. The van der Waals surface area contributed by atoms with Crippen molar-refractivity contribution in [2.75, 3.05) is 44.0 Å². The van der Waals surface area contributed by atoms with Crippen LogP contribution in [-0.4, -0.2) is 50.5 Å². The van der Waals surface area contributed by atoms with Gasteiger partial charge in [0.2, 0.25) is 0 Å². The number of rotatable bonds is 5. The molecule has 1 heterocycles. The maximum Gasteiger partial charge on any atom is 0.265 e. The van der Waals surface area contributed by atoms with Crippen molar-refractivity contribution in [3.8, 4) is 5.75 Å². The number of hydrogen-bond donors (Lipinski definition) is 1. The Kier molecular flexibility index (Phi) is 5.46. The van der Waals surface area contributed by atoms with E-state index in [9.17, 15) is 9.59 Å². The molecule has 2 amide bonds. The summed E-state index contributed by atoms with van der Waals surface area (Å²) in [6, 6.07) is 11.0. The van der Waals surface area contributed by atoms with Gasteiger partial charge in [0.25, 0.3) is 11.8 Å². The smallest absolute Gasteiger partial charge is 0.265 e. The number of carbonyl (C=O) groups excluding carboxylic acids is 2. The molecule has 0 aliphatic carbocycles. The largest absolute Gasteiger partial charge is 0.481 e. The second-order valence-electron chi connectivity index (χ2n) is 7.07. The van der Waals surface area contributed by atoms with Gasteiger partial charge in [-0.2, -0.15) is 0 Å². The Bertz CT molecular complexity index is 877. The van der Waals surface area contributed by atoms with Gasteiger partial charge in [-0.3, -0.25) is 9.59 Å². The molecule has 0 saturated heterocycles. The molecule has 27 heavy (non-hydrogen) atoms. The molecule has 0 saturated carbocycles. The standard InChI is InChI=1S/C21H25N3O3/c1-14-5-6-16(11-15(14)2)21(26)22-17-7-8-18-19(12-17)27-13-20(25)24(18)10-9-23(3)4/h5-8,11-12H,9-10,13H2,1-4H3,(H,22,26). The lowest BCUT2D eigenvalue weighted by molar-refractivity contribution is -0.121. The fourth-order valence-corrected chi connectivity index (χ4v) is 2.91. The molecule has 0 aromatic heterocycles. The summed E-state index contributed by atoms with van der Waals surface area (Å²) in [6.07, 6.45) is 0. The summed E-state index contributed by atoms with van der Waals surface area (Å²) in [7, 11) is 3.94. The lowest BCUT2D eigenvalue weighted by Crippen LogP contribution is -2.42. The van der Waals surface area contributed by atoms with Crippen LogP contribution in [0.4, 0.5) is 11.4 Å². The number of carbonyl (C=O) groups is 2. The third-order valence-corrected chi connectivity index (χ3v) is 4.70. The van der Waals surface area contributed by atoms with Crippen molar-refractivity contribution in [2.24, 2.45) is 0 Å². The molecule has 0 spiro atoms. The number of fused-ring (bicyclic) bond motifs is 1. The fourth-order valence-electron chi connectivity index (χ4n) is 2.91. The molecule has 6 nitrogen and oxygen atoms in total. The van der Waals surface area contributed by atoms with Gasteiger partial charge in [-0.15, -0.1) is 0 Å². The number of hydrogen-bond acceptors (Lipinski definition) is 4. The predicted octanol–water partition coefficient (Wildman–Crippen LogP) is 2.84. The van der Waals surface area contributed by atoms with E-state index in [2.05, 4.69) is 5.32 Å². The Balaban J connectivity index is 1.78. The molecule has 0 fully saturated rings. The van der Waals surface area contributed by atoms with Crippen LogP contribution in [0.2, 0.25) is 0 Å². The number of aryl methyl sites for hydroxylation is 2. The second kappa shape index (κ2) is 7.80. The van der Waals surface area contributed by atoms with Crippen molar-refractivity contribution >= 4 is 23.2 Å². The molecule has 0 bridgehead atoms. The molecule has 6 heteroatoms. The van der Waals surface area contributed by atoms with Gasteiger partial charge in [-0.05, 0) is 63.3 Å². The molecular weight excluding hydrogens is 342 g/mol. The van der Waals surface area contributed by atoms with E-state index < -0.39 is 0 Å². The van der Waals surface area contributed by atoms with E-state index in [1.807, 2.05) is 57.1 Å². The zero-order valence-electron chi connectivity index (χ0n) is 16.2. The van der Waals surface area contributed by atoms with Gasteiger partial charge in [0.05, 0.1) is 5.69 Å². The third-order valence-electron chi connectivity index (χ3n) is 4.70. The number of anilines is 2. The van der Waals surface area contributed by atoms with Crippen molar-refractivity contribution < 1.29 is 14.3 Å². The summed E-state index contributed by atoms with van der Waals surface area (Å²) in [4.78, 5) is 28.5. The van der Waals surface area contributed by atoms with Crippen LogP contribution in [0.1, 0.15) is 21.5 Å². The number of likely N-dealkylation sites (N-methyl/N-ethyl adjacent to an activating group) is 1. The number of benzene rings is 2. The van der Waals surface area contributed by atoms with Crippen molar-refractivity contribution in [1.82, 2.24) is 4.90 Å². The van der Waals surface area contributed by atoms with Crippen LogP contribution in [0, 0.1) is 13.8 Å². The zero-order chi connectivity index (χ0) is 19.6. The Labute approximate surface area is 159 Å². The molecule has 142 valence electrons. The highest BCUT2D eigenvalue weighted by atomic mass is 16.5. The molecule has 2 aromatic carbocycles. The lowest BCUT2D eigenvalue weighted by Gasteiger charge is -2.30. The summed E-state index contributed by atoms with van der Waals surface area (Å²) in [5.74, 6) is 0.372. The summed E-state index contributed by atoms with van der Waals surface area (Å²) < 4.78 is 5.58. The number of ether oxygens (including phenoxy) is 1. The molecule has 1 aliphatic rings. The van der Waals surface area contributed by atoms with Crippen molar-refractivity contribution in [2.45, 2.75) is 13.8 Å². The first-order valence-corrected chi connectivity index (χ1v) is 8.95. The summed E-state index contributed by atoms with van der Waals surface area (Å²) in [5, 5.41) is 2.90. The monoisotopic (exact) mass is 367 g/mol. The van der Waals surface area contributed by atoms with E-state index in [1.165, 1.54) is 0 Å². The number of nitrogens with one attached hydrogen (secondary N) is 1. The molecule has 0 unspecified atom stereocenters. The van der Waals surface area contributed by atoms with E-state index in [-0.39, 0.29) is 18.4 Å². The van der Waals surface area contributed by atoms with Crippen LogP contribution in [-0.2, 0) is 4.79 Å². The highest BCUT2D eigenvalue weighted by Gasteiger charge is 2.25. The first kappa shape index (κ1) is 18.9. The lowest BCUT2D eigenvalue weighted by atomic mass is 10.1. The van der Waals surface area contributed by atoms with E-state index in [0.717, 1.165) is 23.4 Å². The van der Waals surface area contributed by atoms with Crippen LogP contribution in [0.25, 0.3) is 0 Å². The zero-order valence-corrected chi connectivity index (χ0v) is 16.2. The molecule has 1 aliphatic heterocycles. The maximum atomic E-state index is 12.5. The number of amides is 2. The summed E-state index contributed by atoms with van der Waals surface area (Å²) in [5.41, 5.74) is 4.21. The Hall–Kier alpha value is -2.86. The minimum absolute atomic E-state index is 0.00891. The van der Waals surface area contributed by atoms with E-state index in [0.29, 0.717) is 23.5 Å². The number of nitrogens with zero attached hydrogens (tertiary/aromatic N) is 2. The van der Waals surface area contributed by atoms with Crippen LogP contribution >= 0.6 is 0 Å². The van der Waals surface area contributed by atoms with Crippen molar-refractivity contribution in [3.63, 3.8) is 0 Å². The molecule has 1 N–H and O–H groups in total. The highest BCUT2D eigenvalue weighted by Crippen LogP contribution is 2.34. The summed E-state index contributed by atoms with van der Waals surface area (Å²) in [6.45, 7) is 5.36. The molecular formula is C21H25N3O3. The van der Waals surface area contributed by atoms with Crippen LogP contribution in [0.5, 0.6) is 5.75 Å². The topological polar surface area (TPSA) is 61.9 Å². The molecule has 0 atom stereocenters. The highest BCUT2D eigenvalue weighted by molar-refractivity contribution is 6.05. The normalized spacial score (nSPS) is 13.4. The second-order valence-corrected chi connectivity index (χ2v) is 7.07. The maximum absolute atomic E-state index is 12.5. The Morgan fingerprint density at radius 3 is 2.63 bits per heavy atom. The Morgan fingerprint density at radius 2 is 1.93 bits per heavy atom. The fraction of sp³-hybridized carbons (Fsp3) is 0.333. The Morgan fingerprint density at radius 1 is 1.15 bits per heavy atom. The van der Waals surface area contributed by atoms with Crippen molar-refractivity contribution in [3.05, 3.63) is 53.1 Å². The van der Waals surface area contributed by atoms with Crippen LogP contribution in [0.3, 0.4) is 0 Å². The third kappa shape index (κ3) is 4.28. The van der Waals surface area contributed by atoms with Crippen LogP contribution in [0.15, 0.2) is 36.4 Å². The summed E-state index contributed by atoms with van der Waals surface area (Å²) >= 11 is 0. The van der Waals surface area contributed by atoms with Gasteiger partial charge in [0.1, 0.15) is 5.75 Å². The average molecular weight is 367 g/mol. The first-order valence-electron chi connectivity index (χ1n) is 8.95. The predicted molar refractivity (Wildman–Crippen MR) is 107 cm³/mol.